The van der Waals surface area contributed by atoms with E-state index in [-0.39, 0.29) is 13.2 Å². The molecule has 4 rings (SSSR count). The first-order chi connectivity index (χ1) is 14.5. The standard InChI is InChI=1S/C21H24N3O5P/c1-3-29-30(27,15-10-8-14(28-2)9-11-15)24-13-19-17(12-20(24)21(25)23-26)16-6-4-5-7-18(16)22-19/h4-11,20,22,26H,3,12-13H2,1-2H3,(H,23,25). The number of nitrogens with one attached hydrogen (secondary N) is 2. The zero-order valence-corrected chi connectivity index (χ0v) is 17.7. The Kier molecular flexibility index (Phi) is 5.66. The zero-order chi connectivity index (χ0) is 21.3. The van der Waals surface area contributed by atoms with Gasteiger partial charge in [-0.05, 0) is 49.2 Å². The molecule has 2 heterocycles. The minimum Gasteiger partial charge on any atom is -0.497 e. The Hall–Kier alpha value is -2.64. The number of H-pyrrole nitrogens is 1. The zero-order valence-electron chi connectivity index (χ0n) is 16.8. The topological polar surface area (TPSA) is 104 Å². The molecule has 1 aliphatic rings. The minimum absolute atomic E-state index is 0.201. The molecular formula is C21H24N3O5P. The number of para-hydroxylation sites is 1. The van der Waals surface area contributed by atoms with Gasteiger partial charge in [-0.25, -0.2) is 10.2 Å². The van der Waals surface area contributed by atoms with E-state index >= 15 is 0 Å². The third-order valence-corrected chi connectivity index (χ3v) is 8.09. The van der Waals surface area contributed by atoms with Crippen molar-refractivity contribution in [3.05, 3.63) is 59.8 Å². The Bertz CT molecular complexity index is 1110. The number of nitrogens with zero attached hydrogens (tertiary/aromatic N) is 1. The van der Waals surface area contributed by atoms with Gasteiger partial charge in [0.1, 0.15) is 11.8 Å². The number of carbonyl (C=O) groups excluding carboxylic acids is 1. The lowest BCUT2D eigenvalue weighted by molar-refractivity contribution is -0.133. The first-order valence-electron chi connectivity index (χ1n) is 9.70. The maximum atomic E-state index is 14.2. The average molecular weight is 429 g/mol. The number of hydrogen-bond acceptors (Lipinski definition) is 5. The molecule has 0 bridgehead atoms. The quantitative estimate of drug-likeness (QED) is 0.316. The van der Waals surface area contributed by atoms with Crippen LogP contribution in [0.1, 0.15) is 18.2 Å². The Morgan fingerprint density at radius 2 is 2.00 bits per heavy atom. The summed E-state index contributed by atoms with van der Waals surface area (Å²) in [6, 6.07) is 13.7. The van der Waals surface area contributed by atoms with Gasteiger partial charge in [0.2, 0.25) is 0 Å². The Morgan fingerprint density at radius 1 is 1.27 bits per heavy atom. The molecule has 158 valence electrons. The number of hydroxylamine groups is 1. The van der Waals surface area contributed by atoms with E-state index in [4.69, 9.17) is 9.26 Å². The Balaban J connectivity index is 1.83. The van der Waals surface area contributed by atoms with E-state index < -0.39 is 19.5 Å². The van der Waals surface area contributed by atoms with Gasteiger partial charge >= 0.3 is 7.52 Å². The van der Waals surface area contributed by atoms with Gasteiger partial charge in [-0.2, -0.15) is 0 Å². The van der Waals surface area contributed by atoms with Gasteiger partial charge in [0.25, 0.3) is 5.91 Å². The highest BCUT2D eigenvalue weighted by Gasteiger charge is 2.45. The molecule has 9 heteroatoms. The second-order valence-corrected chi connectivity index (χ2v) is 9.39. The molecule has 0 fully saturated rings. The van der Waals surface area contributed by atoms with Crippen LogP contribution >= 0.6 is 7.52 Å². The Labute approximate surface area is 174 Å². The van der Waals surface area contributed by atoms with Gasteiger partial charge < -0.3 is 14.2 Å². The van der Waals surface area contributed by atoms with Crippen molar-refractivity contribution in [2.45, 2.75) is 25.9 Å². The Morgan fingerprint density at radius 3 is 2.67 bits per heavy atom. The summed E-state index contributed by atoms with van der Waals surface area (Å²) in [4.78, 5) is 16.0. The van der Waals surface area contributed by atoms with Crippen molar-refractivity contribution < 1.29 is 23.8 Å². The summed E-state index contributed by atoms with van der Waals surface area (Å²) in [5, 5.41) is 10.8. The predicted molar refractivity (Wildman–Crippen MR) is 113 cm³/mol. The van der Waals surface area contributed by atoms with Crippen LogP contribution < -0.4 is 15.5 Å². The summed E-state index contributed by atoms with van der Waals surface area (Å²) < 4.78 is 26.8. The highest BCUT2D eigenvalue weighted by molar-refractivity contribution is 7.64. The van der Waals surface area contributed by atoms with Crippen molar-refractivity contribution in [1.29, 1.82) is 0 Å². The predicted octanol–water partition coefficient (Wildman–Crippen LogP) is 2.96. The molecule has 1 aliphatic heterocycles. The summed E-state index contributed by atoms with van der Waals surface area (Å²) in [5.41, 5.74) is 4.54. The van der Waals surface area contributed by atoms with Gasteiger partial charge in [0.05, 0.1) is 19.0 Å². The summed E-state index contributed by atoms with van der Waals surface area (Å²) in [5.74, 6) is 0.00219. The van der Waals surface area contributed by atoms with E-state index in [0.29, 0.717) is 17.5 Å². The number of rotatable bonds is 6. The molecule has 8 nitrogen and oxygen atoms in total. The number of aromatic amines is 1. The molecule has 3 N–H and O–H groups in total. The van der Waals surface area contributed by atoms with Crippen LogP contribution in [0.25, 0.3) is 10.9 Å². The maximum absolute atomic E-state index is 14.2. The lowest BCUT2D eigenvalue weighted by Crippen LogP contribution is -2.49. The van der Waals surface area contributed by atoms with Crippen molar-refractivity contribution >= 4 is 29.6 Å². The fraction of sp³-hybridized carbons (Fsp3) is 0.286. The van der Waals surface area contributed by atoms with Gasteiger partial charge in [-0.15, -0.1) is 0 Å². The van der Waals surface area contributed by atoms with E-state index in [1.54, 1.807) is 48.4 Å². The molecule has 0 saturated heterocycles. The highest BCUT2D eigenvalue weighted by atomic mass is 31.2. The molecule has 0 radical (unpaired) electrons. The van der Waals surface area contributed by atoms with E-state index in [0.717, 1.165) is 22.2 Å². The lowest BCUT2D eigenvalue weighted by Gasteiger charge is -2.38. The van der Waals surface area contributed by atoms with Gasteiger partial charge in [-0.1, -0.05) is 18.2 Å². The van der Waals surface area contributed by atoms with Crippen molar-refractivity contribution in [3.63, 3.8) is 0 Å². The molecule has 1 amide bonds. The summed E-state index contributed by atoms with van der Waals surface area (Å²) >= 11 is 0. The van der Waals surface area contributed by atoms with Gasteiger partial charge in [-0.3, -0.25) is 14.6 Å². The van der Waals surface area contributed by atoms with Crippen molar-refractivity contribution in [2.24, 2.45) is 0 Å². The molecule has 0 saturated carbocycles. The molecule has 2 unspecified atom stereocenters. The van der Waals surface area contributed by atoms with Crippen LogP contribution in [-0.4, -0.2) is 40.5 Å². The number of methoxy groups -OCH3 is 1. The van der Waals surface area contributed by atoms with Crippen LogP contribution in [0.3, 0.4) is 0 Å². The fourth-order valence-electron chi connectivity index (χ4n) is 4.02. The second-order valence-electron chi connectivity index (χ2n) is 7.06. The second kappa shape index (κ2) is 8.24. The van der Waals surface area contributed by atoms with E-state index in [1.807, 2.05) is 24.3 Å². The van der Waals surface area contributed by atoms with Crippen LogP contribution in [0.15, 0.2) is 48.5 Å². The first-order valence-corrected chi connectivity index (χ1v) is 11.3. The van der Waals surface area contributed by atoms with Crippen molar-refractivity contribution in [3.8, 4) is 5.75 Å². The van der Waals surface area contributed by atoms with Crippen molar-refractivity contribution in [2.75, 3.05) is 13.7 Å². The van der Waals surface area contributed by atoms with Crippen molar-refractivity contribution in [1.82, 2.24) is 15.1 Å². The molecule has 2 aromatic carbocycles. The minimum atomic E-state index is -3.61. The average Bonchev–Trinajstić information content (AvgIpc) is 3.15. The third kappa shape index (κ3) is 3.42. The molecule has 0 spiro atoms. The maximum Gasteiger partial charge on any atom is 0.303 e. The molecule has 2 atom stereocenters. The lowest BCUT2D eigenvalue weighted by atomic mass is 9.98. The highest BCUT2D eigenvalue weighted by Crippen LogP contribution is 2.54. The summed E-state index contributed by atoms with van der Waals surface area (Å²) in [6.07, 6.45) is 0.291. The molecule has 3 aromatic rings. The number of hydrogen-bond donors (Lipinski definition) is 3. The normalized spacial score (nSPS) is 18.6. The molecular weight excluding hydrogens is 405 g/mol. The van der Waals surface area contributed by atoms with Crippen LogP contribution in [0.2, 0.25) is 0 Å². The number of fused-ring (bicyclic) bond motifs is 3. The number of carbonyl (C=O) groups is 1. The SMILES string of the molecule is CCOP(=O)(c1ccc(OC)cc1)N1Cc2[nH]c3ccccc3c2CC1C(=O)NO. The smallest absolute Gasteiger partial charge is 0.303 e. The van der Waals surface area contributed by atoms with E-state index in [2.05, 4.69) is 4.98 Å². The number of aromatic nitrogens is 1. The first kappa shape index (κ1) is 20.6. The van der Waals surface area contributed by atoms with Crippen LogP contribution in [0, 0.1) is 0 Å². The molecule has 0 aliphatic carbocycles. The monoisotopic (exact) mass is 429 g/mol. The number of benzene rings is 2. The van der Waals surface area contributed by atoms with E-state index in [9.17, 15) is 14.6 Å². The summed E-state index contributed by atoms with van der Waals surface area (Å²) in [7, 11) is -2.06. The van der Waals surface area contributed by atoms with Gasteiger partial charge in [0, 0.05) is 23.1 Å². The van der Waals surface area contributed by atoms with E-state index in [1.165, 1.54) is 0 Å². The fourth-order valence-corrected chi connectivity index (χ4v) is 6.37. The summed E-state index contributed by atoms with van der Waals surface area (Å²) in [6.45, 7) is 2.17. The van der Waals surface area contributed by atoms with Gasteiger partial charge in [0.15, 0.2) is 0 Å². The third-order valence-electron chi connectivity index (χ3n) is 5.43. The number of ether oxygens (including phenoxy) is 1. The molecule has 1 aromatic heterocycles. The molecule has 30 heavy (non-hydrogen) atoms. The van der Waals surface area contributed by atoms with Crippen LogP contribution in [0.4, 0.5) is 0 Å². The van der Waals surface area contributed by atoms with Crippen LogP contribution in [-0.2, 0) is 26.8 Å². The number of amides is 1. The van der Waals surface area contributed by atoms with Crippen LogP contribution in [0.5, 0.6) is 5.75 Å². The largest absolute Gasteiger partial charge is 0.497 e.